The van der Waals surface area contributed by atoms with Crippen LogP contribution in [0.25, 0.3) is 0 Å². The van der Waals surface area contributed by atoms with E-state index in [0.29, 0.717) is 18.0 Å². The molecule has 98 valence electrons. The second-order valence-corrected chi connectivity index (χ2v) is 4.92. The van der Waals surface area contributed by atoms with E-state index < -0.39 is 5.91 Å². The SMILES string of the molecule is NC(=O)c1cccc(N)c1OCc1ccc(Br)cc1. The van der Waals surface area contributed by atoms with Crippen molar-refractivity contribution in [3.05, 3.63) is 58.1 Å². The van der Waals surface area contributed by atoms with Crippen LogP contribution in [0.3, 0.4) is 0 Å². The van der Waals surface area contributed by atoms with E-state index in [9.17, 15) is 4.79 Å². The maximum absolute atomic E-state index is 11.3. The van der Waals surface area contributed by atoms with Gasteiger partial charge in [0.1, 0.15) is 6.61 Å². The maximum atomic E-state index is 11.3. The minimum atomic E-state index is -0.557. The van der Waals surface area contributed by atoms with Crippen molar-refractivity contribution in [1.29, 1.82) is 0 Å². The third kappa shape index (κ3) is 3.26. The molecule has 0 aliphatic heterocycles. The van der Waals surface area contributed by atoms with Gasteiger partial charge < -0.3 is 16.2 Å². The zero-order chi connectivity index (χ0) is 13.8. The lowest BCUT2D eigenvalue weighted by atomic mass is 10.1. The summed E-state index contributed by atoms with van der Waals surface area (Å²) in [4.78, 5) is 11.3. The molecule has 0 atom stereocenters. The number of carbonyl (C=O) groups is 1. The third-order valence-corrected chi connectivity index (χ3v) is 3.14. The molecule has 1 amide bonds. The van der Waals surface area contributed by atoms with Crippen LogP contribution in [0.4, 0.5) is 5.69 Å². The second-order valence-electron chi connectivity index (χ2n) is 4.00. The lowest BCUT2D eigenvalue weighted by molar-refractivity contribution is 0.0996. The standard InChI is InChI=1S/C14H13BrN2O2/c15-10-6-4-9(5-7-10)8-19-13-11(14(17)18)2-1-3-12(13)16/h1-7H,8,16H2,(H2,17,18). The summed E-state index contributed by atoms with van der Waals surface area (Å²) < 4.78 is 6.61. The van der Waals surface area contributed by atoms with E-state index in [0.717, 1.165) is 10.0 Å². The Balaban J connectivity index is 2.19. The van der Waals surface area contributed by atoms with Crippen LogP contribution in [-0.4, -0.2) is 5.91 Å². The Bertz CT molecular complexity index is 597. The van der Waals surface area contributed by atoms with Crippen molar-refractivity contribution in [2.24, 2.45) is 5.73 Å². The van der Waals surface area contributed by atoms with E-state index in [1.165, 1.54) is 0 Å². The molecule has 0 saturated carbocycles. The van der Waals surface area contributed by atoms with Gasteiger partial charge in [0.25, 0.3) is 5.91 Å². The average Bonchev–Trinajstić information content (AvgIpc) is 2.39. The predicted octanol–water partition coefficient (Wildman–Crippen LogP) is 2.71. The molecule has 19 heavy (non-hydrogen) atoms. The van der Waals surface area contributed by atoms with Gasteiger partial charge in [-0.2, -0.15) is 0 Å². The first-order chi connectivity index (χ1) is 9.08. The predicted molar refractivity (Wildman–Crippen MR) is 77.8 cm³/mol. The van der Waals surface area contributed by atoms with Crippen molar-refractivity contribution in [2.45, 2.75) is 6.61 Å². The number of primary amides is 1. The van der Waals surface area contributed by atoms with Crippen molar-refractivity contribution >= 4 is 27.5 Å². The molecule has 0 aliphatic rings. The number of amides is 1. The lowest BCUT2D eigenvalue weighted by Gasteiger charge is -2.12. The fourth-order valence-electron chi connectivity index (χ4n) is 1.65. The molecule has 0 bridgehead atoms. The number of nitrogens with two attached hydrogens (primary N) is 2. The molecule has 0 unspecified atom stereocenters. The van der Waals surface area contributed by atoms with Gasteiger partial charge in [0.05, 0.1) is 11.3 Å². The van der Waals surface area contributed by atoms with Gasteiger partial charge >= 0.3 is 0 Å². The summed E-state index contributed by atoms with van der Waals surface area (Å²) in [6.45, 7) is 0.321. The minimum absolute atomic E-state index is 0.289. The van der Waals surface area contributed by atoms with Crippen LogP contribution in [0.2, 0.25) is 0 Å². The van der Waals surface area contributed by atoms with Crippen molar-refractivity contribution < 1.29 is 9.53 Å². The Kier molecular flexibility index (Phi) is 4.06. The van der Waals surface area contributed by atoms with Crippen LogP contribution in [-0.2, 0) is 6.61 Å². The molecule has 0 spiro atoms. The number of benzene rings is 2. The molecule has 4 N–H and O–H groups in total. The van der Waals surface area contributed by atoms with E-state index in [4.69, 9.17) is 16.2 Å². The zero-order valence-electron chi connectivity index (χ0n) is 10.1. The number of nitrogen functional groups attached to an aromatic ring is 1. The van der Waals surface area contributed by atoms with Gasteiger partial charge in [-0.3, -0.25) is 4.79 Å². The van der Waals surface area contributed by atoms with E-state index in [1.807, 2.05) is 24.3 Å². The van der Waals surface area contributed by atoms with E-state index in [-0.39, 0.29) is 5.56 Å². The Labute approximate surface area is 119 Å². The molecule has 4 nitrogen and oxygen atoms in total. The van der Waals surface area contributed by atoms with Crippen LogP contribution in [0, 0.1) is 0 Å². The first-order valence-corrected chi connectivity index (χ1v) is 6.43. The number of hydrogen-bond acceptors (Lipinski definition) is 3. The molecule has 0 radical (unpaired) electrons. The highest BCUT2D eigenvalue weighted by Crippen LogP contribution is 2.27. The summed E-state index contributed by atoms with van der Waals surface area (Å²) in [6, 6.07) is 12.6. The smallest absolute Gasteiger partial charge is 0.252 e. The number of carbonyl (C=O) groups excluding carboxylic acids is 1. The minimum Gasteiger partial charge on any atom is -0.486 e. The normalized spacial score (nSPS) is 10.2. The van der Waals surface area contributed by atoms with Gasteiger partial charge in [0, 0.05) is 4.47 Å². The van der Waals surface area contributed by atoms with Gasteiger partial charge in [-0.1, -0.05) is 34.1 Å². The summed E-state index contributed by atoms with van der Waals surface area (Å²) in [5, 5.41) is 0. The van der Waals surface area contributed by atoms with Crippen LogP contribution in [0.5, 0.6) is 5.75 Å². The van der Waals surface area contributed by atoms with Crippen LogP contribution in [0.15, 0.2) is 46.9 Å². The quantitative estimate of drug-likeness (QED) is 0.850. The highest BCUT2D eigenvalue weighted by atomic mass is 79.9. The Morgan fingerprint density at radius 2 is 1.84 bits per heavy atom. The molecule has 0 aliphatic carbocycles. The van der Waals surface area contributed by atoms with Crippen molar-refractivity contribution in [3.8, 4) is 5.75 Å². The first-order valence-electron chi connectivity index (χ1n) is 5.63. The fourth-order valence-corrected chi connectivity index (χ4v) is 1.91. The third-order valence-electron chi connectivity index (χ3n) is 2.61. The van der Waals surface area contributed by atoms with Crippen LogP contribution in [0.1, 0.15) is 15.9 Å². The number of halogens is 1. The summed E-state index contributed by atoms with van der Waals surface area (Å²) >= 11 is 3.36. The molecule has 0 aromatic heterocycles. The highest BCUT2D eigenvalue weighted by molar-refractivity contribution is 9.10. The van der Waals surface area contributed by atoms with E-state index in [2.05, 4.69) is 15.9 Å². The van der Waals surface area contributed by atoms with Crippen LogP contribution >= 0.6 is 15.9 Å². The van der Waals surface area contributed by atoms with Gasteiger partial charge in [0.2, 0.25) is 0 Å². The van der Waals surface area contributed by atoms with Crippen molar-refractivity contribution in [3.63, 3.8) is 0 Å². The average molecular weight is 321 g/mol. The largest absolute Gasteiger partial charge is 0.486 e. The number of para-hydroxylation sites is 1. The summed E-state index contributed by atoms with van der Waals surface area (Å²) in [5.74, 6) is -0.226. The summed E-state index contributed by atoms with van der Waals surface area (Å²) in [6.07, 6.45) is 0. The molecular weight excluding hydrogens is 308 g/mol. The van der Waals surface area contributed by atoms with Gasteiger partial charge in [-0.25, -0.2) is 0 Å². The number of ether oxygens (including phenoxy) is 1. The molecule has 2 aromatic carbocycles. The van der Waals surface area contributed by atoms with E-state index >= 15 is 0 Å². The monoisotopic (exact) mass is 320 g/mol. The maximum Gasteiger partial charge on any atom is 0.252 e. The molecule has 5 heteroatoms. The molecule has 2 aromatic rings. The molecule has 0 saturated heterocycles. The topological polar surface area (TPSA) is 78.3 Å². The lowest BCUT2D eigenvalue weighted by Crippen LogP contribution is -2.14. The molecule has 0 heterocycles. The highest BCUT2D eigenvalue weighted by Gasteiger charge is 2.12. The second kappa shape index (κ2) is 5.75. The number of hydrogen-bond donors (Lipinski definition) is 2. The first kappa shape index (κ1) is 13.4. The van der Waals surface area contributed by atoms with Crippen molar-refractivity contribution in [2.75, 3.05) is 5.73 Å². The van der Waals surface area contributed by atoms with E-state index in [1.54, 1.807) is 18.2 Å². The Morgan fingerprint density at radius 1 is 1.16 bits per heavy atom. The van der Waals surface area contributed by atoms with Gasteiger partial charge in [-0.15, -0.1) is 0 Å². The Hall–Kier alpha value is -2.01. The summed E-state index contributed by atoms with van der Waals surface area (Å²) in [7, 11) is 0. The molecule has 0 fully saturated rings. The molecular formula is C14H13BrN2O2. The molecule has 2 rings (SSSR count). The van der Waals surface area contributed by atoms with Crippen LogP contribution < -0.4 is 16.2 Å². The van der Waals surface area contributed by atoms with Gasteiger partial charge in [0.15, 0.2) is 5.75 Å². The Morgan fingerprint density at radius 3 is 2.47 bits per heavy atom. The summed E-state index contributed by atoms with van der Waals surface area (Å²) in [5.41, 5.74) is 12.8. The zero-order valence-corrected chi connectivity index (χ0v) is 11.7. The number of anilines is 1. The fraction of sp³-hybridized carbons (Fsp3) is 0.0714. The van der Waals surface area contributed by atoms with Crippen molar-refractivity contribution in [1.82, 2.24) is 0 Å². The number of rotatable bonds is 4. The van der Waals surface area contributed by atoms with Gasteiger partial charge in [-0.05, 0) is 29.8 Å².